The number of aliphatic hydroxyl groups is 1. The van der Waals surface area contributed by atoms with Crippen LogP contribution in [0, 0.1) is 6.92 Å². The van der Waals surface area contributed by atoms with Crippen LogP contribution in [0.3, 0.4) is 0 Å². The minimum absolute atomic E-state index is 0.0344. The van der Waals surface area contributed by atoms with E-state index in [4.69, 9.17) is 9.47 Å². The number of aliphatic hydroxyl groups excluding tert-OH is 1. The van der Waals surface area contributed by atoms with Crippen molar-refractivity contribution < 1.29 is 14.6 Å². The number of hydrogen-bond donors (Lipinski definition) is 2. The van der Waals surface area contributed by atoms with E-state index in [1.807, 2.05) is 39.0 Å². The smallest absolute Gasteiger partial charge is 0.125 e. The second-order valence-electron chi connectivity index (χ2n) is 5.01. The molecule has 4 heteroatoms. The first-order valence-electron chi connectivity index (χ1n) is 7.23. The van der Waals surface area contributed by atoms with E-state index in [1.54, 1.807) is 7.11 Å². The summed E-state index contributed by atoms with van der Waals surface area (Å²) in [4.78, 5) is 0. The van der Waals surface area contributed by atoms with Gasteiger partial charge in [-0.1, -0.05) is 11.6 Å². The molecule has 0 heterocycles. The number of aryl methyl sites for hydroxylation is 1. The molecule has 0 spiro atoms. The van der Waals surface area contributed by atoms with E-state index in [2.05, 4.69) is 5.32 Å². The Balaban J connectivity index is 2.69. The predicted octanol–water partition coefficient (Wildman–Crippen LogP) is 2.44. The zero-order chi connectivity index (χ0) is 15.0. The van der Waals surface area contributed by atoms with Crippen LogP contribution in [-0.4, -0.2) is 38.0 Å². The predicted molar refractivity (Wildman–Crippen MR) is 81.3 cm³/mol. The number of methoxy groups -OCH3 is 1. The van der Waals surface area contributed by atoms with Crippen LogP contribution < -0.4 is 10.1 Å². The van der Waals surface area contributed by atoms with Crippen molar-refractivity contribution in [3.05, 3.63) is 29.3 Å². The molecule has 0 bridgehead atoms. The number of ether oxygens (including phenoxy) is 2. The molecule has 1 rings (SSSR count). The first-order chi connectivity index (χ1) is 9.60. The molecule has 20 heavy (non-hydrogen) atoms. The number of benzene rings is 1. The van der Waals surface area contributed by atoms with Gasteiger partial charge in [0.05, 0.1) is 12.7 Å². The molecule has 4 nitrogen and oxygen atoms in total. The zero-order valence-electron chi connectivity index (χ0n) is 13.0. The van der Waals surface area contributed by atoms with Gasteiger partial charge in [-0.3, -0.25) is 0 Å². The van der Waals surface area contributed by atoms with Gasteiger partial charge in [0.1, 0.15) is 5.75 Å². The molecule has 0 aliphatic carbocycles. The minimum atomic E-state index is -0.584. The quantitative estimate of drug-likeness (QED) is 0.683. The van der Waals surface area contributed by atoms with E-state index in [0.717, 1.165) is 36.4 Å². The molecule has 2 unspecified atom stereocenters. The Labute approximate surface area is 122 Å². The molecule has 0 saturated carbocycles. The van der Waals surface area contributed by atoms with Crippen molar-refractivity contribution in [2.45, 2.75) is 39.3 Å². The van der Waals surface area contributed by atoms with Gasteiger partial charge in [-0.05, 0) is 45.9 Å². The van der Waals surface area contributed by atoms with Gasteiger partial charge in [-0.2, -0.15) is 0 Å². The lowest BCUT2D eigenvalue weighted by molar-refractivity contribution is 0.128. The second kappa shape index (κ2) is 8.95. The summed E-state index contributed by atoms with van der Waals surface area (Å²) in [6, 6.07) is 5.88. The van der Waals surface area contributed by atoms with Gasteiger partial charge in [0.2, 0.25) is 0 Å². The summed E-state index contributed by atoms with van der Waals surface area (Å²) in [6.07, 6.45) is 0.346. The highest BCUT2D eigenvalue weighted by Crippen LogP contribution is 2.28. The Morgan fingerprint density at radius 3 is 2.75 bits per heavy atom. The maximum atomic E-state index is 10.5. The van der Waals surface area contributed by atoms with Crippen molar-refractivity contribution >= 4 is 0 Å². The van der Waals surface area contributed by atoms with E-state index >= 15 is 0 Å². The molecule has 0 aliphatic rings. The van der Waals surface area contributed by atoms with Crippen LogP contribution in [-0.2, 0) is 4.74 Å². The third kappa shape index (κ3) is 5.12. The van der Waals surface area contributed by atoms with Gasteiger partial charge in [-0.15, -0.1) is 0 Å². The molecule has 1 aromatic carbocycles. The lowest BCUT2D eigenvalue weighted by atomic mass is 10.00. The highest BCUT2D eigenvalue weighted by Gasteiger charge is 2.19. The Morgan fingerprint density at radius 2 is 2.10 bits per heavy atom. The summed E-state index contributed by atoms with van der Waals surface area (Å²) in [5, 5.41) is 13.8. The van der Waals surface area contributed by atoms with Crippen LogP contribution in [0.1, 0.15) is 37.5 Å². The Hall–Kier alpha value is -1.10. The Morgan fingerprint density at radius 1 is 1.35 bits per heavy atom. The van der Waals surface area contributed by atoms with Crippen molar-refractivity contribution in [2.75, 3.05) is 26.9 Å². The monoisotopic (exact) mass is 281 g/mol. The molecule has 1 aromatic rings. The highest BCUT2D eigenvalue weighted by molar-refractivity contribution is 5.39. The van der Waals surface area contributed by atoms with Gasteiger partial charge in [0, 0.05) is 25.3 Å². The van der Waals surface area contributed by atoms with Crippen LogP contribution in [0.4, 0.5) is 0 Å². The Kier molecular flexibility index (Phi) is 7.59. The molecule has 2 N–H and O–H groups in total. The Bertz CT molecular complexity index is 395. The second-order valence-corrected chi connectivity index (χ2v) is 5.01. The van der Waals surface area contributed by atoms with Gasteiger partial charge < -0.3 is 19.9 Å². The number of nitrogens with one attached hydrogen (secondary N) is 1. The fourth-order valence-corrected chi connectivity index (χ4v) is 2.11. The summed E-state index contributed by atoms with van der Waals surface area (Å²) >= 11 is 0. The molecule has 0 saturated heterocycles. The summed E-state index contributed by atoms with van der Waals surface area (Å²) in [7, 11) is 1.69. The normalized spacial score (nSPS) is 14.1. The zero-order valence-corrected chi connectivity index (χ0v) is 13.0. The minimum Gasteiger partial charge on any atom is -0.493 e. The van der Waals surface area contributed by atoms with Crippen LogP contribution in [0.2, 0.25) is 0 Å². The number of rotatable bonds is 9. The molecule has 0 aromatic heterocycles. The van der Waals surface area contributed by atoms with Crippen LogP contribution >= 0.6 is 0 Å². The van der Waals surface area contributed by atoms with Crippen molar-refractivity contribution in [3.8, 4) is 5.75 Å². The van der Waals surface area contributed by atoms with Crippen LogP contribution in [0.15, 0.2) is 18.2 Å². The number of hydrogen-bond acceptors (Lipinski definition) is 4. The van der Waals surface area contributed by atoms with E-state index in [1.165, 1.54) is 0 Å². The summed E-state index contributed by atoms with van der Waals surface area (Å²) < 4.78 is 10.6. The topological polar surface area (TPSA) is 50.7 Å². The summed E-state index contributed by atoms with van der Waals surface area (Å²) in [6.45, 7) is 8.09. The van der Waals surface area contributed by atoms with Gasteiger partial charge in [0.15, 0.2) is 0 Å². The first-order valence-corrected chi connectivity index (χ1v) is 7.23. The van der Waals surface area contributed by atoms with Crippen LogP contribution in [0.25, 0.3) is 0 Å². The third-order valence-electron chi connectivity index (χ3n) is 3.25. The lowest BCUT2D eigenvalue weighted by Gasteiger charge is -2.23. The van der Waals surface area contributed by atoms with Gasteiger partial charge >= 0.3 is 0 Å². The fraction of sp³-hybridized carbons (Fsp3) is 0.625. The molecule has 0 fully saturated rings. The summed E-state index contributed by atoms with van der Waals surface area (Å²) in [5.41, 5.74) is 1.97. The van der Waals surface area contributed by atoms with Gasteiger partial charge in [0.25, 0.3) is 0 Å². The molecule has 0 aliphatic heterocycles. The average molecular weight is 281 g/mol. The van der Waals surface area contributed by atoms with Crippen molar-refractivity contribution in [3.63, 3.8) is 0 Å². The molecule has 0 amide bonds. The van der Waals surface area contributed by atoms with Gasteiger partial charge in [-0.25, -0.2) is 0 Å². The largest absolute Gasteiger partial charge is 0.493 e. The van der Waals surface area contributed by atoms with Crippen LogP contribution in [0.5, 0.6) is 5.75 Å². The average Bonchev–Trinajstić information content (AvgIpc) is 2.44. The SMILES string of the molecule is CCOc1ccc(C)cc1C(O)C(C)NCCCOC. The molecular formula is C16H27NO3. The highest BCUT2D eigenvalue weighted by atomic mass is 16.5. The van der Waals surface area contributed by atoms with Crippen molar-refractivity contribution in [1.29, 1.82) is 0 Å². The third-order valence-corrected chi connectivity index (χ3v) is 3.25. The maximum absolute atomic E-state index is 10.5. The van der Waals surface area contributed by atoms with E-state index < -0.39 is 6.10 Å². The molecule has 114 valence electrons. The van der Waals surface area contributed by atoms with Crippen molar-refractivity contribution in [1.82, 2.24) is 5.32 Å². The lowest BCUT2D eigenvalue weighted by Crippen LogP contribution is -2.33. The first kappa shape index (κ1) is 17.0. The summed E-state index contributed by atoms with van der Waals surface area (Å²) in [5.74, 6) is 0.760. The van der Waals surface area contributed by atoms with E-state index in [-0.39, 0.29) is 6.04 Å². The van der Waals surface area contributed by atoms with Crippen molar-refractivity contribution in [2.24, 2.45) is 0 Å². The maximum Gasteiger partial charge on any atom is 0.125 e. The standard InChI is InChI=1S/C16H27NO3/c1-5-20-15-8-7-12(2)11-14(15)16(18)13(3)17-9-6-10-19-4/h7-8,11,13,16-18H,5-6,9-10H2,1-4H3. The fourth-order valence-electron chi connectivity index (χ4n) is 2.11. The van der Waals surface area contributed by atoms with E-state index in [9.17, 15) is 5.11 Å². The molecular weight excluding hydrogens is 254 g/mol. The molecule has 0 radical (unpaired) electrons. The molecule has 2 atom stereocenters. The van der Waals surface area contributed by atoms with E-state index in [0.29, 0.717) is 6.61 Å².